The first-order valence-electron chi connectivity index (χ1n) is 9.28. The summed E-state index contributed by atoms with van der Waals surface area (Å²) in [7, 11) is -1.95. The summed E-state index contributed by atoms with van der Waals surface area (Å²) in [4.78, 5) is 14.2. The molecule has 0 atom stereocenters. The van der Waals surface area contributed by atoms with Gasteiger partial charge in [-0.1, -0.05) is 12.1 Å². The molecule has 1 aliphatic rings. The maximum absolute atomic E-state index is 12.7. The molecule has 156 valence electrons. The lowest BCUT2D eigenvalue weighted by Crippen LogP contribution is -2.40. The molecule has 0 aliphatic carbocycles. The molecule has 1 aromatic heterocycles. The zero-order chi connectivity index (χ0) is 21.1. The maximum atomic E-state index is 12.7. The lowest BCUT2D eigenvalue weighted by Gasteiger charge is -2.26. The van der Waals surface area contributed by atoms with Crippen LogP contribution in [0.15, 0.2) is 53.4 Å². The molecule has 30 heavy (non-hydrogen) atoms. The van der Waals surface area contributed by atoms with Gasteiger partial charge in [-0.25, -0.2) is 8.42 Å². The van der Waals surface area contributed by atoms with Gasteiger partial charge in [-0.2, -0.15) is 9.10 Å². The minimum absolute atomic E-state index is 0.144. The number of morpholine rings is 1. The first kappa shape index (κ1) is 20.1. The van der Waals surface area contributed by atoms with Crippen LogP contribution < -0.4 is 5.32 Å². The van der Waals surface area contributed by atoms with Gasteiger partial charge in [0, 0.05) is 24.2 Å². The lowest BCUT2D eigenvalue weighted by atomic mass is 10.1. The molecular weight excluding hydrogens is 408 g/mol. The number of carbonyl (C=O) groups excluding carboxylic acids is 1. The molecule has 0 radical (unpaired) electrons. The Hall–Kier alpha value is -3.15. The van der Waals surface area contributed by atoms with Crippen molar-refractivity contribution >= 4 is 21.6 Å². The predicted octanol–water partition coefficient (Wildman–Crippen LogP) is 1.15. The van der Waals surface area contributed by atoms with E-state index in [1.165, 1.54) is 33.4 Å². The Morgan fingerprint density at radius 1 is 1.07 bits per heavy atom. The smallest absolute Gasteiger partial charge is 0.255 e. The average molecular weight is 428 g/mol. The highest BCUT2D eigenvalue weighted by molar-refractivity contribution is 7.89. The Morgan fingerprint density at radius 2 is 1.77 bits per heavy atom. The number of carbonyl (C=O) groups is 1. The quantitative estimate of drug-likeness (QED) is 0.647. The highest BCUT2D eigenvalue weighted by Crippen LogP contribution is 2.25. The second-order valence-electron chi connectivity index (χ2n) is 6.64. The molecule has 1 amide bonds. The first-order chi connectivity index (χ1) is 14.4. The van der Waals surface area contributed by atoms with Crippen molar-refractivity contribution < 1.29 is 17.9 Å². The Labute approximate surface area is 173 Å². The lowest BCUT2D eigenvalue weighted by molar-refractivity contribution is 0.0730. The Kier molecular flexibility index (Phi) is 5.57. The second-order valence-corrected chi connectivity index (χ2v) is 8.58. The fraction of sp³-hybridized carbons (Fsp3) is 0.263. The highest BCUT2D eigenvalue weighted by Gasteiger charge is 2.26. The number of aryl methyl sites for hydroxylation is 1. The van der Waals surface area contributed by atoms with Crippen molar-refractivity contribution in [3.8, 4) is 11.4 Å². The van der Waals surface area contributed by atoms with E-state index >= 15 is 0 Å². The van der Waals surface area contributed by atoms with Gasteiger partial charge in [-0.3, -0.25) is 4.79 Å². The van der Waals surface area contributed by atoms with E-state index in [1.807, 2.05) is 6.07 Å². The van der Waals surface area contributed by atoms with Gasteiger partial charge in [0.15, 0.2) is 0 Å². The van der Waals surface area contributed by atoms with Crippen LogP contribution in [0.2, 0.25) is 0 Å². The minimum atomic E-state index is -3.61. The van der Waals surface area contributed by atoms with Gasteiger partial charge in [0.25, 0.3) is 5.91 Å². The van der Waals surface area contributed by atoms with Crippen LogP contribution in [0.1, 0.15) is 10.4 Å². The third-order valence-electron chi connectivity index (χ3n) is 4.65. The normalized spacial score (nSPS) is 15.1. The fourth-order valence-electron chi connectivity index (χ4n) is 3.09. The van der Waals surface area contributed by atoms with Gasteiger partial charge >= 0.3 is 0 Å². The molecule has 2 heterocycles. The predicted molar refractivity (Wildman–Crippen MR) is 108 cm³/mol. The summed E-state index contributed by atoms with van der Waals surface area (Å²) >= 11 is 0. The van der Waals surface area contributed by atoms with E-state index in [4.69, 9.17) is 4.74 Å². The molecule has 0 bridgehead atoms. The van der Waals surface area contributed by atoms with Crippen molar-refractivity contribution in [1.29, 1.82) is 0 Å². The molecular formula is C19H20N6O4S. The fourth-order valence-corrected chi connectivity index (χ4v) is 4.50. The Bertz CT molecular complexity index is 1150. The van der Waals surface area contributed by atoms with Crippen molar-refractivity contribution in [1.82, 2.24) is 24.5 Å². The molecule has 1 saturated heterocycles. The van der Waals surface area contributed by atoms with Crippen molar-refractivity contribution in [2.45, 2.75) is 4.90 Å². The van der Waals surface area contributed by atoms with E-state index in [9.17, 15) is 13.2 Å². The monoisotopic (exact) mass is 428 g/mol. The van der Waals surface area contributed by atoms with Crippen molar-refractivity contribution in [3.05, 3.63) is 54.1 Å². The summed E-state index contributed by atoms with van der Waals surface area (Å²) in [6, 6.07) is 13.0. The van der Waals surface area contributed by atoms with Crippen LogP contribution >= 0.6 is 0 Å². The minimum Gasteiger partial charge on any atom is -0.379 e. The highest BCUT2D eigenvalue weighted by atomic mass is 32.2. The zero-order valence-electron chi connectivity index (χ0n) is 16.2. The molecule has 1 N–H and O–H groups in total. The summed E-state index contributed by atoms with van der Waals surface area (Å²) < 4.78 is 32.0. The van der Waals surface area contributed by atoms with Crippen LogP contribution in [-0.4, -0.2) is 65.1 Å². The molecule has 10 nitrogen and oxygen atoms in total. The number of hydrogen-bond donors (Lipinski definition) is 1. The zero-order valence-corrected chi connectivity index (χ0v) is 17.0. The van der Waals surface area contributed by atoms with E-state index in [-0.39, 0.29) is 10.8 Å². The van der Waals surface area contributed by atoms with Crippen LogP contribution in [0, 0.1) is 0 Å². The van der Waals surface area contributed by atoms with Gasteiger partial charge in [0.1, 0.15) is 0 Å². The number of benzene rings is 2. The number of hydrogen-bond acceptors (Lipinski definition) is 7. The average Bonchev–Trinajstić information content (AvgIpc) is 3.21. The number of nitrogens with one attached hydrogen (secondary N) is 1. The second kappa shape index (κ2) is 8.30. The molecule has 1 fully saturated rings. The number of anilines is 1. The number of ether oxygens (including phenoxy) is 1. The molecule has 0 spiro atoms. The summed E-state index contributed by atoms with van der Waals surface area (Å²) in [5, 5.41) is 14.8. The van der Waals surface area contributed by atoms with Gasteiger partial charge < -0.3 is 10.1 Å². The summed E-state index contributed by atoms with van der Waals surface area (Å²) in [6.07, 6.45) is 0. The third kappa shape index (κ3) is 4.08. The summed E-state index contributed by atoms with van der Waals surface area (Å²) in [6.45, 7) is 1.38. The van der Waals surface area contributed by atoms with Crippen molar-refractivity contribution in [3.63, 3.8) is 0 Å². The molecule has 2 aromatic carbocycles. The standard InChI is InChI=1S/C19H20N6O4S/c1-24-22-18(21-23-24)16-4-2-3-5-17(16)20-19(26)14-6-8-15(9-7-14)30(27,28)25-10-12-29-13-11-25/h2-9H,10-13H2,1H3,(H,20,26). The number of sulfonamides is 1. The Balaban J connectivity index is 1.53. The largest absolute Gasteiger partial charge is 0.379 e. The van der Waals surface area contributed by atoms with Gasteiger partial charge in [0.2, 0.25) is 15.8 Å². The van der Waals surface area contributed by atoms with Crippen LogP contribution in [0.3, 0.4) is 0 Å². The Morgan fingerprint density at radius 3 is 2.43 bits per heavy atom. The van der Waals surface area contributed by atoms with Gasteiger partial charge in [-0.15, -0.1) is 10.2 Å². The number of rotatable bonds is 5. The van der Waals surface area contributed by atoms with Crippen molar-refractivity contribution in [2.24, 2.45) is 7.05 Å². The van der Waals surface area contributed by atoms with E-state index in [1.54, 1.807) is 25.2 Å². The number of amides is 1. The number of para-hydroxylation sites is 1. The SMILES string of the molecule is Cn1nnc(-c2ccccc2NC(=O)c2ccc(S(=O)(=O)N3CCOCC3)cc2)n1. The summed E-state index contributed by atoms with van der Waals surface area (Å²) in [5.74, 6) is 0.0158. The molecule has 3 aromatic rings. The van der Waals surface area contributed by atoms with E-state index < -0.39 is 10.0 Å². The molecule has 11 heteroatoms. The van der Waals surface area contributed by atoms with Gasteiger partial charge in [0.05, 0.1) is 30.8 Å². The van der Waals surface area contributed by atoms with E-state index in [0.29, 0.717) is 48.9 Å². The van der Waals surface area contributed by atoms with Crippen LogP contribution in [0.4, 0.5) is 5.69 Å². The number of tetrazole rings is 1. The third-order valence-corrected chi connectivity index (χ3v) is 6.56. The van der Waals surface area contributed by atoms with E-state index in [0.717, 1.165) is 0 Å². The topological polar surface area (TPSA) is 119 Å². The number of nitrogens with zero attached hydrogens (tertiary/aromatic N) is 5. The maximum Gasteiger partial charge on any atom is 0.255 e. The molecule has 1 aliphatic heterocycles. The van der Waals surface area contributed by atoms with Crippen LogP contribution in [0.25, 0.3) is 11.4 Å². The first-order valence-corrected chi connectivity index (χ1v) is 10.7. The molecule has 0 unspecified atom stereocenters. The van der Waals surface area contributed by atoms with Crippen LogP contribution in [0.5, 0.6) is 0 Å². The van der Waals surface area contributed by atoms with E-state index in [2.05, 4.69) is 20.7 Å². The van der Waals surface area contributed by atoms with Gasteiger partial charge in [-0.05, 0) is 41.6 Å². The molecule has 0 saturated carbocycles. The van der Waals surface area contributed by atoms with Crippen molar-refractivity contribution in [2.75, 3.05) is 31.6 Å². The molecule has 4 rings (SSSR count). The number of aromatic nitrogens is 4. The summed E-state index contributed by atoms with van der Waals surface area (Å²) in [5.41, 5.74) is 1.49. The van der Waals surface area contributed by atoms with Crippen LogP contribution in [-0.2, 0) is 21.8 Å².